The highest BCUT2D eigenvalue weighted by atomic mass is 31.2. The number of hydrogen-bond acceptors (Lipinski definition) is 2. The molecule has 2 atom stereocenters. The Morgan fingerprint density at radius 3 is 2.00 bits per heavy atom. The van der Waals surface area contributed by atoms with Crippen molar-refractivity contribution in [3.05, 3.63) is 66.2 Å². The number of benzene rings is 2. The van der Waals surface area contributed by atoms with Gasteiger partial charge in [0.15, 0.2) is 0 Å². The van der Waals surface area contributed by atoms with Crippen LogP contribution >= 0.6 is 7.37 Å². The summed E-state index contributed by atoms with van der Waals surface area (Å²) < 4.78 is 12.6. The smallest absolute Gasteiger partial charge is 0.250 e. The van der Waals surface area contributed by atoms with Crippen LogP contribution in [0.4, 0.5) is 0 Å². The second kappa shape index (κ2) is 5.49. The van der Waals surface area contributed by atoms with E-state index < -0.39 is 13.2 Å². The highest BCUT2D eigenvalue weighted by Gasteiger charge is 2.32. The van der Waals surface area contributed by atoms with E-state index in [2.05, 4.69) is 5.32 Å². The molecule has 0 aliphatic rings. The van der Waals surface area contributed by atoms with Crippen LogP contribution < -0.4 is 10.6 Å². The standard InChI is InChI=1S/C14H16NO2P/c1-15-14(12-8-4-2-5-9-12)18(16,17)13-10-6-3-7-11-13/h2-11,14-15H,1H3,(H,16,17). The zero-order chi connectivity index (χ0) is 13.0. The lowest BCUT2D eigenvalue weighted by Gasteiger charge is -2.23. The second-order valence-electron chi connectivity index (χ2n) is 4.06. The topological polar surface area (TPSA) is 49.3 Å². The predicted molar refractivity (Wildman–Crippen MR) is 74.1 cm³/mol. The van der Waals surface area contributed by atoms with Crippen molar-refractivity contribution in [1.29, 1.82) is 0 Å². The zero-order valence-corrected chi connectivity index (χ0v) is 11.0. The Morgan fingerprint density at radius 2 is 1.50 bits per heavy atom. The minimum atomic E-state index is -3.49. The van der Waals surface area contributed by atoms with Gasteiger partial charge in [-0.3, -0.25) is 4.57 Å². The molecular formula is C14H16NO2P. The average molecular weight is 261 g/mol. The van der Waals surface area contributed by atoms with Crippen molar-refractivity contribution < 1.29 is 9.46 Å². The molecule has 2 aromatic carbocycles. The highest BCUT2D eigenvalue weighted by Crippen LogP contribution is 2.52. The predicted octanol–water partition coefficient (Wildman–Crippen LogP) is 2.50. The summed E-state index contributed by atoms with van der Waals surface area (Å²) in [6.07, 6.45) is 0. The largest absolute Gasteiger partial charge is 0.340 e. The van der Waals surface area contributed by atoms with Crippen LogP contribution in [0.3, 0.4) is 0 Å². The molecule has 4 heteroatoms. The fourth-order valence-electron chi connectivity index (χ4n) is 1.97. The van der Waals surface area contributed by atoms with Crippen LogP contribution in [-0.2, 0) is 4.57 Å². The molecule has 0 saturated heterocycles. The molecule has 0 spiro atoms. The molecule has 2 rings (SSSR count). The second-order valence-corrected chi connectivity index (χ2v) is 6.34. The van der Waals surface area contributed by atoms with E-state index in [0.29, 0.717) is 5.30 Å². The lowest BCUT2D eigenvalue weighted by atomic mass is 10.2. The van der Waals surface area contributed by atoms with Gasteiger partial charge in [0.2, 0.25) is 7.37 Å². The summed E-state index contributed by atoms with van der Waals surface area (Å²) in [6, 6.07) is 18.1. The van der Waals surface area contributed by atoms with E-state index in [9.17, 15) is 9.46 Å². The van der Waals surface area contributed by atoms with Gasteiger partial charge in [0, 0.05) is 5.30 Å². The van der Waals surface area contributed by atoms with Crippen LogP contribution in [0.15, 0.2) is 60.7 Å². The van der Waals surface area contributed by atoms with Crippen molar-refractivity contribution >= 4 is 12.7 Å². The van der Waals surface area contributed by atoms with E-state index in [0.717, 1.165) is 5.56 Å². The third-order valence-electron chi connectivity index (χ3n) is 2.86. The molecule has 0 fully saturated rings. The monoisotopic (exact) mass is 261 g/mol. The van der Waals surface area contributed by atoms with Crippen LogP contribution in [0.25, 0.3) is 0 Å². The van der Waals surface area contributed by atoms with E-state index in [1.165, 1.54) is 0 Å². The maximum absolute atomic E-state index is 12.6. The molecule has 94 valence electrons. The molecular weight excluding hydrogens is 245 g/mol. The summed E-state index contributed by atoms with van der Waals surface area (Å²) in [5, 5.41) is 3.41. The molecule has 0 heterocycles. The maximum Gasteiger partial charge on any atom is 0.250 e. The molecule has 0 saturated carbocycles. The lowest BCUT2D eigenvalue weighted by Crippen LogP contribution is -2.22. The van der Waals surface area contributed by atoms with Gasteiger partial charge < -0.3 is 10.2 Å². The van der Waals surface area contributed by atoms with Crippen molar-refractivity contribution in [1.82, 2.24) is 5.32 Å². The Kier molecular flexibility index (Phi) is 3.97. The van der Waals surface area contributed by atoms with Gasteiger partial charge in [0.1, 0.15) is 5.78 Å². The fourth-order valence-corrected chi connectivity index (χ4v) is 3.79. The van der Waals surface area contributed by atoms with Gasteiger partial charge in [-0.2, -0.15) is 0 Å². The van der Waals surface area contributed by atoms with Crippen molar-refractivity contribution in [3.63, 3.8) is 0 Å². The minimum absolute atomic E-state index is 0.466. The molecule has 3 nitrogen and oxygen atoms in total. The molecule has 0 radical (unpaired) electrons. The summed E-state index contributed by atoms with van der Waals surface area (Å²) in [6.45, 7) is 0. The van der Waals surface area contributed by atoms with Crippen LogP contribution in [-0.4, -0.2) is 11.9 Å². The van der Waals surface area contributed by atoms with E-state index in [-0.39, 0.29) is 0 Å². The van der Waals surface area contributed by atoms with E-state index in [1.54, 1.807) is 31.3 Å². The minimum Gasteiger partial charge on any atom is -0.340 e. The lowest BCUT2D eigenvalue weighted by molar-refractivity contribution is 0.467. The van der Waals surface area contributed by atoms with Crippen LogP contribution in [0.5, 0.6) is 0 Å². The molecule has 18 heavy (non-hydrogen) atoms. The summed E-state index contributed by atoms with van der Waals surface area (Å²) in [5.41, 5.74) is 0.815. The molecule has 0 bridgehead atoms. The highest BCUT2D eigenvalue weighted by molar-refractivity contribution is 7.66. The van der Waals surface area contributed by atoms with Crippen LogP contribution in [0.1, 0.15) is 11.3 Å². The summed E-state index contributed by atoms with van der Waals surface area (Å²) >= 11 is 0. The third-order valence-corrected chi connectivity index (χ3v) is 5.16. The van der Waals surface area contributed by atoms with Gasteiger partial charge in [-0.05, 0) is 24.7 Å². The fraction of sp³-hybridized carbons (Fsp3) is 0.143. The summed E-state index contributed by atoms with van der Waals surface area (Å²) in [4.78, 5) is 10.4. The first-order valence-electron chi connectivity index (χ1n) is 5.76. The quantitative estimate of drug-likeness (QED) is 0.831. The van der Waals surface area contributed by atoms with Gasteiger partial charge in [0.05, 0.1) is 0 Å². The Balaban J connectivity index is 2.42. The Hall–Kier alpha value is -1.41. The normalized spacial score (nSPS) is 15.9. The molecule has 2 aromatic rings. The van der Waals surface area contributed by atoms with Gasteiger partial charge >= 0.3 is 0 Å². The maximum atomic E-state index is 12.6. The summed E-state index contributed by atoms with van der Waals surface area (Å²) in [5.74, 6) is -0.582. The SMILES string of the molecule is CNC(c1ccccc1)P(=O)(O)c1ccccc1. The van der Waals surface area contributed by atoms with Gasteiger partial charge in [-0.25, -0.2) is 0 Å². The van der Waals surface area contributed by atoms with Gasteiger partial charge in [0.25, 0.3) is 0 Å². The Morgan fingerprint density at radius 1 is 1.00 bits per heavy atom. The van der Waals surface area contributed by atoms with Gasteiger partial charge in [-0.15, -0.1) is 0 Å². The molecule has 0 aliphatic carbocycles. The number of nitrogens with one attached hydrogen (secondary N) is 1. The summed E-state index contributed by atoms with van der Waals surface area (Å²) in [7, 11) is -1.79. The van der Waals surface area contributed by atoms with Crippen molar-refractivity contribution in [2.45, 2.75) is 5.78 Å². The number of rotatable bonds is 4. The first kappa shape index (κ1) is 13.0. The van der Waals surface area contributed by atoms with Crippen LogP contribution in [0.2, 0.25) is 0 Å². The van der Waals surface area contributed by atoms with Crippen molar-refractivity contribution in [2.24, 2.45) is 0 Å². The average Bonchev–Trinajstić information content (AvgIpc) is 2.41. The van der Waals surface area contributed by atoms with E-state index >= 15 is 0 Å². The third kappa shape index (κ3) is 2.54. The first-order valence-corrected chi connectivity index (χ1v) is 7.49. The van der Waals surface area contributed by atoms with E-state index in [1.807, 2.05) is 36.4 Å². The zero-order valence-electron chi connectivity index (χ0n) is 10.2. The molecule has 0 aliphatic heterocycles. The van der Waals surface area contributed by atoms with Gasteiger partial charge in [-0.1, -0.05) is 48.5 Å². The van der Waals surface area contributed by atoms with Crippen molar-refractivity contribution in [3.8, 4) is 0 Å². The van der Waals surface area contributed by atoms with Crippen LogP contribution in [0, 0.1) is 0 Å². The molecule has 0 amide bonds. The van der Waals surface area contributed by atoms with E-state index in [4.69, 9.17) is 0 Å². The number of hydrogen-bond donors (Lipinski definition) is 2. The first-order chi connectivity index (χ1) is 8.66. The van der Waals surface area contributed by atoms with Crippen molar-refractivity contribution in [2.75, 3.05) is 7.05 Å². The molecule has 2 unspecified atom stereocenters. The molecule has 0 aromatic heterocycles. The molecule has 2 N–H and O–H groups in total. The Labute approximate surface area is 107 Å². The Bertz CT molecular complexity index is 542.